The molecule has 106 valence electrons. The van der Waals surface area contributed by atoms with Crippen molar-refractivity contribution in [2.24, 2.45) is 0 Å². The van der Waals surface area contributed by atoms with Crippen molar-refractivity contribution in [1.29, 1.82) is 0 Å². The number of amides is 1. The van der Waals surface area contributed by atoms with E-state index >= 15 is 0 Å². The van der Waals surface area contributed by atoms with Crippen LogP contribution in [-0.2, 0) is 25.1 Å². The number of esters is 1. The third-order valence-electron chi connectivity index (χ3n) is 1.65. The van der Waals surface area contributed by atoms with Crippen LogP contribution in [0.25, 0.3) is 0 Å². The number of alkyl carbamates (subject to hydrolysis) is 1. The fourth-order valence-corrected chi connectivity index (χ4v) is 1.94. The van der Waals surface area contributed by atoms with Gasteiger partial charge in [0, 0.05) is 10.8 Å². The number of halogens is 1. The maximum atomic E-state index is 11.5. The Morgan fingerprint density at radius 1 is 1.39 bits per heavy atom. The third-order valence-corrected chi connectivity index (χ3v) is 3.33. The molecule has 0 unspecified atom stereocenters. The zero-order chi connectivity index (χ0) is 14.3. The van der Waals surface area contributed by atoms with E-state index in [4.69, 9.17) is 16.3 Å². The van der Waals surface area contributed by atoms with Gasteiger partial charge in [-0.25, -0.2) is 9.59 Å². The summed E-state index contributed by atoms with van der Waals surface area (Å²) in [6.45, 7) is 5.07. The first kappa shape index (κ1) is 17.2. The van der Waals surface area contributed by atoms with Gasteiger partial charge in [-0.3, -0.25) is 4.21 Å². The summed E-state index contributed by atoms with van der Waals surface area (Å²) in [5, 5.41) is 2.18. The Morgan fingerprint density at radius 2 is 1.94 bits per heavy atom. The predicted octanol–water partition coefficient (Wildman–Crippen LogP) is 0.998. The Bertz CT molecular complexity index is 329. The molecule has 0 aliphatic rings. The Kier molecular flexibility index (Phi) is 7.23. The molecule has 0 saturated carbocycles. The fraction of sp³-hybridized carbons (Fsp3) is 0.800. The summed E-state index contributed by atoms with van der Waals surface area (Å²) in [7, 11) is -0.248. The molecule has 0 aromatic rings. The predicted molar refractivity (Wildman–Crippen MR) is 68.9 cm³/mol. The quantitative estimate of drug-likeness (QED) is 0.605. The average Bonchev–Trinajstić information content (AvgIpc) is 2.24. The number of alkyl halides is 1. The summed E-state index contributed by atoms with van der Waals surface area (Å²) in [5.74, 6) is -0.811. The monoisotopic (exact) mass is 299 g/mol. The summed E-state index contributed by atoms with van der Waals surface area (Å²) in [6, 6.07) is -1.04. The molecule has 0 aliphatic heterocycles. The third kappa shape index (κ3) is 7.50. The topological polar surface area (TPSA) is 81.7 Å². The first-order chi connectivity index (χ1) is 8.19. The van der Waals surface area contributed by atoms with Crippen molar-refractivity contribution in [2.45, 2.75) is 32.4 Å². The second kappa shape index (κ2) is 7.58. The summed E-state index contributed by atoms with van der Waals surface area (Å²) in [4.78, 5) is 22.9. The van der Waals surface area contributed by atoms with Gasteiger partial charge in [-0.05, 0) is 20.8 Å². The molecule has 8 heteroatoms. The summed E-state index contributed by atoms with van der Waals surface area (Å²) < 4.78 is 20.8. The van der Waals surface area contributed by atoms with Gasteiger partial charge in [-0.15, -0.1) is 11.6 Å². The van der Waals surface area contributed by atoms with Crippen molar-refractivity contribution < 1.29 is 23.3 Å². The van der Waals surface area contributed by atoms with Gasteiger partial charge in [0.15, 0.2) is 0 Å². The molecule has 0 fully saturated rings. The van der Waals surface area contributed by atoms with Gasteiger partial charge in [0.05, 0.1) is 18.1 Å². The number of carbonyl (C=O) groups is 2. The molecule has 1 amide bonds. The second-order valence-electron chi connectivity index (χ2n) is 4.44. The lowest BCUT2D eigenvalue weighted by atomic mass is 10.2. The number of rotatable bonds is 5. The average molecular weight is 300 g/mol. The Morgan fingerprint density at radius 3 is 2.33 bits per heavy atom. The molecule has 0 saturated heterocycles. The number of methoxy groups -OCH3 is 1. The smallest absolute Gasteiger partial charge is 0.408 e. The first-order valence-electron chi connectivity index (χ1n) is 5.18. The van der Waals surface area contributed by atoms with Crippen LogP contribution in [0.2, 0.25) is 0 Å². The largest absolute Gasteiger partial charge is 0.467 e. The van der Waals surface area contributed by atoms with Gasteiger partial charge >= 0.3 is 12.1 Å². The lowest BCUT2D eigenvalue weighted by Gasteiger charge is -2.22. The molecule has 0 spiro atoms. The van der Waals surface area contributed by atoms with Crippen LogP contribution < -0.4 is 5.32 Å². The van der Waals surface area contributed by atoms with Crippen molar-refractivity contribution in [3.8, 4) is 0 Å². The molecule has 0 heterocycles. The van der Waals surface area contributed by atoms with E-state index in [1.165, 1.54) is 7.11 Å². The van der Waals surface area contributed by atoms with Crippen LogP contribution in [0.3, 0.4) is 0 Å². The van der Waals surface area contributed by atoms with Crippen LogP contribution in [-0.4, -0.2) is 46.0 Å². The number of hydrogen-bond donors (Lipinski definition) is 1. The highest BCUT2D eigenvalue weighted by Crippen LogP contribution is 2.07. The zero-order valence-corrected chi connectivity index (χ0v) is 12.4. The van der Waals surface area contributed by atoms with Gasteiger partial charge in [0.1, 0.15) is 11.6 Å². The van der Waals surface area contributed by atoms with E-state index in [9.17, 15) is 13.8 Å². The Labute approximate surface area is 114 Å². The van der Waals surface area contributed by atoms with E-state index in [1.807, 2.05) is 0 Å². The van der Waals surface area contributed by atoms with E-state index < -0.39 is 34.5 Å². The van der Waals surface area contributed by atoms with E-state index in [0.29, 0.717) is 0 Å². The molecule has 0 radical (unpaired) electrons. The van der Waals surface area contributed by atoms with Gasteiger partial charge in [0.25, 0.3) is 0 Å². The minimum Gasteiger partial charge on any atom is -0.467 e. The maximum Gasteiger partial charge on any atom is 0.408 e. The molecule has 1 N–H and O–H groups in total. The molecule has 6 nitrogen and oxygen atoms in total. The molecular formula is C10H18ClNO5S. The van der Waals surface area contributed by atoms with E-state index in [1.54, 1.807) is 20.8 Å². The standard InChI is InChI=1S/C10H18ClNO5S/c1-10(2,3)17-9(14)12-7(8(13)16-4)5-18(15)6-11/h7H,5-6H2,1-4H3,(H,12,14)/t7-,18-/m0/s1. The number of nitrogens with one attached hydrogen (secondary N) is 1. The summed E-state index contributed by atoms with van der Waals surface area (Å²) >= 11 is 5.39. The highest BCUT2D eigenvalue weighted by molar-refractivity contribution is 7.86. The van der Waals surface area contributed by atoms with E-state index in [2.05, 4.69) is 10.1 Å². The van der Waals surface area contributed by atoms with Gasteiger partial charge in [-0.1, -0.05) is 0 Å². The number of ether oxygens (including phenoxy) is 2. The molecule has 18 heavy (non-hydrogen) atoms. The maximum absolute atomic E-state index is 11.5. The van der Waals surface area contributed by atoms with Gasteiger partial charge < -0.3 is 14.8 Å². The van der Waals surface area contributed by atoms with Crippen LogP contribution in [0.1, 0.15) is 20.8 Å². The normalized spacial score (nSPS) is 14.5. The molecule has 0 rings (SSSR count). The lowest BCUT2D eigenvalue weighted by molar-refractivity contribution is -0.142. The van der Waals surface area contributed by atoms with Crippen molar-refractivity contribution >= 4 is 34.5 Å². The SMILES string of the molecule is COC(=O)[C@H](C[S@](=O)CCl)NC(=O)OC(C)(C)C. The summed E-state index contributed by atoms with van der Waals surface area (Å²) in [6.07, 6.45) is -0.774. The van der Waals surface area contributed by atoms with Crippen molar-refractivity contribution in [2.75, 3.05) is 18.1 Å². The minimum atomic E-state index is -1.42. The highest BCUT2D eigenvalue weighted by Gasteiger charge is 2.26. The molecule has 0 aliphatic carbocycles. The first-order valence-corrected chi connectivity index (χ1v) is 7.20. The number of carbonyl (C=O) groups excluding carboxylic acids is 2. The van der Waals surface area contributed by atoms with Crippen LogP contribution in [0, 0.1) is 0 Å². The number of hydrogen-bond acceptors (Lipinski definition) is 5. The highest BCUT2D eigenvalue weighted by atomic mass is 35.5. The van der Waals surface area contributed by atoms with Crippen LogP contribution in [0.5, 0.6) is 0 Å². The molecule has 0 aromatic carbocycles. The van der Waals surface area contributed by atoms with Crippen molar-refractivity contribution in [1.82, 2.24) is 5.32 Å². The van der Waals surface area contributed by atoms with Crippen molar-refractivity contribution in [3.05, 3.63) is 0 Å². The second-order valence-corrected chi connectivity index (χ2v) is 6.52. The van der Waals surface area contributed by atoms with E-state index in [0.717, 1.165) is 0 Å². The molecule has 2 atom stereocenters. The van der Waals surface area contributed by atoms with Crippen LogP contribution in [0.4, 0.5) is 4.79 Å². The van der Waals surface area contributed by atoms with Crippen molar-refractivity contribution in [3.63, 3.8) is 0 Å². The molecule has 0 aromatic heterocycles. The lowest BCUT2D eigenvalue weighted by Crippen LogP contribution is -2.47. The minimum absolute atomic E-state index is 0.116. The van der Waals surface area contributed by atoms with Gasteiger partial charge in [0.2, 0.25) is 0 Å². The van der Waals surface area contributed by atoms with Gasteiger partial charge in [-0.2, -0.15) is 0 Å². The molecular weight excluding hydrogens is 282 g/mol. The molecule has 0 bridgehead atoms. The summed E-state index contributed by atoms with van der Waals surface area (Å²) in [5.41, 5.74) is -0.684. The van der Waals surface area contributed by atoms with Crippen LogP contribution >= 0.6 is 11.6 Å². The Hall–Kier alpha value is -0.820. The zero-order valence-electron chi connectivity index (χ0n) is 10.8. The Balaban J connectivity index is 4.55. The van der Waals surface area contributed by atoms with Crippen LogP contribution in [0.15, 0.2) is 0 Å². The fourth-order valence-electron chi connectivity index (χ4n) is 0.991. The van der Waals surface area contributed by atoms with E-state index in [-0.39, 0.29) is 11.0 Å².